The van der Waals surface area contributed by atoms with E-state index in [9.17, 15) is 0 Å². The highest BCUT2D eigenvalue weighted by Gasteiger charge is 2.07. The molecule has 5 heteroatoms. The van der Waals surface area contributed by atoms with Gasteiger partial charge in [0, 0.05) is 28.3 Å². The minimum absolute atomic E-state index is 0.605. The van der Waals surface area contributed by atoms with Gasteiger partial charge in [-0.3, -0.25) is 0 Å². The van der Waals surface area contributed by atoms with Gasteiger partial charge in [0.1, 0.15) is 5.75 Å². The minimum Gasteiger partial charge on any atom is -0.496 e. The van der Waals surface area contributed by atoms with Crippen molar-refractivity contribution >= 4 is 23.1 Å². The van der Waals surface area contributed by atoms with Crippen molar-refractivity contribution in [3.8, 4) is 5.75 Å². The molecule has 3 nitrogen and oxygen atoms in total. The van der Waals surface area contributed by atoms with Crippen molar-refractivity contribution in [3.63, 3.8) is 0 Å². The van der Waals surface area contributed by atoms with Crippen LogP contribution in [0.25, 0.3) is 0 Å². The number of thioether (sulfide) groups is 1. The molecular formula is C16H22N2OS2. The zero-order valence-electron chi connectivity index (χ0n) is 12.8. The SMILES string of the molecule is COc1ccccc1SCC(C)CNCc1cnc(C)s1. The average Bonchev–Trinajstić information content (AvgIpc) is 2.91. The second kappa shape index (κ2) is 8.41. The monoisotopic (exact) mass is 322 g/mol. The molecule has 0 spiro atoms. The van der Waals surface area contributed by atoms with Crippen molar-refractivity contribution in [1.29, 1.82) is 0 Å². The Kier molecular flexibility index (Phi) is 6.54. The van der Waals surface area contributed by atoms with Crippen molar-refractivity contribution in [1.82, 2.24) is 10.3 Å². The Labute approximate surface area is 135 Å². The first-order valence-corrected chi connectivity index (χ1v) is 8.87. The van der Waals surface area contributed by atoms with Crippen LogP contribution in [0.4, 0.5) is 0 Å². The molecule has 1 aromatic carbocycles. The van der Waals surface area contributed by atoms with Gasteiger partial charge in [0.05, 0.1) is 12.1 Å². The van der Waals surface area contributed by atoms with E-state index in [1.165, 1.54) is 9.77 Å². The highest BCUT2D eigenvalue weighted by atomic mass is 32.2. The van der Waals surface area contributed by atoms with Gasteiger partial charge in [0.25, 0.3) is 0 Å². The van der Waals surface area contributed by atoms with Crippen molar-refractivity contribution in [3.05, 3.63) is 40.3 Å². The summed E-state index contributed by atoms with van der Waals surface area (Å²) >= 11 is 3.61. The standard InChI is InChI=1S/C16H22N2OS2/c1-12(8-17-9-14-10-18-13(2)21-14)11-20-16-7-5-4-6-15(16)19-3/h4-7,10,12,17H,8-9,11H2,1-3H3. The Morgan fingerprint density at radius 3 is 2.90 bits per heavy atom. The van der Waals surface area contributed by atoms with Gasteiger partial charge in [-0.15, -0.1) is 23.1 Å². The molecule has 2 rings (SSSR count). The average molecular weight is 322 g/mol. The van der Waals surface area contributed by atoms with E-state index in [1.54, 1.807) is 18.4 Å². The molecule has 1 unspecified atom stereocenters. The number of nitrogens with one attached hydrogen (secondary N) is 1. The van der Waals surface area contributed by atoms with Crippen LogP contribution in [0, 0.1) is 12.8 Å². The Morgan fingerprint density at radius 2 is 2.19 bits per heavy atom. The van der Waals surface area contributed by atoms with E-state index < -0.39 is 0 Å². The number of benzene rings is 1. The smallest absolute Gasteiger partial charge is 0.132 e. The molecule has 0 amide bonds. The van der Waals surface area contributed by atoms with Gasteiger partial charge < -0.3 is 10.1 Å². The number of aromatic nitrogens is 1. The second-order valence-electron chi connectivity index (χ2n) is 5.04. The fourth-order valence-electron chi connectivity index (χ4n) is 1.96. The van der Waals surface area contributed by atoms with Gasteiger partial charge in [-0.05, 0) is 31.5 Å². The summed E-state index contributed by atoms with van der Waals surface area (Å²) in [5.41, 5.74) is 0. The van der Waals surface area contributed by atoms with Crippen LogP contribution in [0.2, 0.25) is 0 Å². The number of thiazole rings is 1. The van der Waals surface area contributed by atoms with Crippen LogP contribution >= 0.6 is 23.1 Å². The Balaban J connectivity index is 1.71. The molecule has 0 fully saturated rings. The molecule has 0 saturated heterocycles. The quantitative estimate of drug-likeness (QED) is 0.746. The summed E-state index contributed by atoms with van der Waals surface area (Å²) in [6.07, 6.45) is 1.96. The first kappa shape index (κ1) is 16.3. The molecule has 1 N–H and O–H groups in total. The molecule has 1 heterocycles. The van der Waals surface area contributed by atoms with Crippen LogP contribution in [0.5, 0.6) is 5.75 Å². The summed E-state index contributed by atoms with van der Waals surface area (Å²) in [6, 6.07) is 8.19. The van der Waals surface area contributed by atoms with Crippen molar-refractivity contribution in [2.45, 2.75) is 25.3 Å². The van der Waals surface area contributed by atoms with Gasteiger partial charge in [0.2, 0.25) is 0 Å². The van der Waals surface area contributed by atoms with Gasteiger partial charge in [-0.1, -0.05) is 19.1 Å². The number of aryl methyl sites for hydroxylation is 1. The van der Waals surface area contributed by atoms with Crippen molar-refractivity contribution in [2.24, 2.45) is 5.92 Å². The maximum absolute atomic E-state index is 5.38. The van der Waals surface area contributed by atoms with Crippen LogP contribution in [0.15, 0.2) is 35.4 Å². The lowest BCUT2D eigenvalue weighted by Crippen LogP contribution is -2.21. The van der Waals surface area contributed by atoms with Gasteiger partial charge in [-0.25, -0.2) is 4.98 Å². The van der Waals surface area contributed by atoms with E-state index in [2.05, 4.69) is 29.4 Å². The van der Waals surface area contributed by atoms with Gasteiger partial charge >= 0.3 is 0 Å². The summed E-state index contributed by atoms with van der Waals surface area (Å²) in [7, 11) is 1.72. The summed E-state index contributed by atoms with van der Waals surface area (Å²) in [5, 5.41) is 4.64. The number of rotatable bonds is 8. The highest BCUT2D eigenvalue weighted by Crippen LogP contribution is 2.29. The summed E-state index contributed by atoms with van der Waals surface area (Å²) < 4.78 is 5.38. The number of hydrogen-bond donors (Lipinski definition) is 1. The topological polar surface area (TPSA) is 34.1 Å². The number of nitrogens with zero attached hydrogens (tertiary/aromatic N) is 1. The third-order valence-corrected chi connectivity index (χ3v) is 5.35. The predicted octanol–water partition coefficient (Wildman–Crippen LogP) is 3.98. The third kappa shape index (κ3) is 5.34. The molecule has 0 bridgehead atoms. The van der Waals surface area contributed by atoms with Crippen LogP contribution in [0.3, 0.4) is 0 Å². The molecule has 0 aliphatic carbocycles. The molecule has 1 atom stereocenters. The first-order chi connectivity index (χ1) is 10.2. The van der Waals surface area contributed by atoms with E-state index in [0.717, 1.165) is 29.6 Å². The van der Waals surface area contributed by atoms with E-state index >= 15 is 0 Å². The number of hydrogen-bond acceptors (Lipinski definition) is 5. The molecule has 0 aliphatic rings. The zero-order chi connectivity index (χ0) is 15.1. The molecule has 0 aliphatic heterocycles. The van der Waals surface area contributed by atoms with E-state index in [-0.39, 0.29) is 0 Å². The van der Waals surface area contributed by atoms with Crippen LogP contribution in [-0.2, 0) is 6.54 Å². The fraction of sp³-hybridized carbons (Fsp3) is 0.438. The Morgan fingerprint density at radius 1 is 1.38 bits per heavy atom. The number of ether oxygens (including phenoxy) is 1. The lowest BCUT2D eigenvalue weighted by Gasteiger charge is -2.13. The second-order valence-corrected chi connectivity index (χ2v) is 7.42. The normalized spacial score (nSPS) is 12.3. The first-order valence-electron chi connectivity index (χ1n) is 7.07. The zero-order valence-corrected chi connectivity index (χ0v) is 14.4. The fourth-order valence-corrected chi connectivity index (χ4v) is 3.77. The predicted molar refractivity (Wildman–Crippen MR) is 91.4 cm³/mol. The van der Waals surface area contributed by atoms with Crippen molar-refractivity contribution < 1.29 is 4.74 Å². The lowest BCUT2D eigenvalue weighted by molar-refractivity contribution is 0.404. The maximum Gasteiger partial charge on any atom is 0.132 e. The van der Waals surface area contributed by atoms with E-state index in [4.69, 9.17) is 4.74 Å². The summed E-state index contributed by atoms with van der Waals surface area (Å²) in [4.78, 5) is 6.79. The number of para-hydroxylation sites is 1. The van der Waals surface area contributed by atoms with Gasteiger partial charge in [-0.2, -0.15) is 0 Å². The molecule has 0 radical (unpaired) electrons. The van der Waals surface area contributed by atoms with E-state index in [0.29, 0.717) is 5.92 Å². The lowest BCUT2D eigenvalue weighted by atomic mass is 10.2. The highest BCUT2D eigenvalue weighted by molar-refractivity contribution is 7.99. The minimum atomic E-state index is 0.605. The molecule has 0 saturated carbocycles. The largest absolute Gasteiger partial charge is 0.496 e. The molecule has 2 aromatic rings. The molecular weight excluding hydrogens is 300 g/mol. The Hall–Kier alpha value is -1.04. The van der Waals surface area contributed by atoms with Crippen LogP contribution < -0.4 is 10.1 Å². The summed E-state index contributed by atoms with van der Waals surface area (Å²) in [6.45, 7) is 6.24. The van der Waals surface area contributed by atoms with Crippen LogP contribution in [0.1, 0.15) is 16.8 Å². The third-order valence-electron chi connectivity index (χ3n) is 3.05. The molecule has 114 valence electrons. The van der Waals surface area contributed by atoms with E-state index in [1.807, 2.05) is 37.0 Å². The Bertz CT molecular complexity index is 557. The summed E-state index contributed by atoms with van der Waals surface area (Å²) in [5.74, 6) is 2.64. The molecule has 1 aromatic heterocycles. The van der Waals surface area contributed by atoms with Crippen LogP contribution in [-0.4, -0.2) is 24.4 Å². The maximum atomic E-state index is 5.38. The van der Waals surface area contributed by atoms with Crippen molar-refractivity contribution in [2.75, 3.05) is 19.4 Å². The number of methoxy groups -OCH3 is 1. The van der Waals surface area contributed by atoms with Gasteiger partial charge in [0.15, 0.2) is 0 Å². The molecule has 21 heavy (non-hydrogen) atoms.